The van der Waals surface area contributed by atoms with Crippen LogP contribution in [-0.4, -0.2) is 59.9 Å². The van der Waals surface area contributed by atoms with Gasteiger partial charge in [0.05, 0.1) is 11.3 Å². The summed E-state index contributed by atoms with van der Waals surface area (Å²) >= 11 is 0. The lowest BCUT2D eigenvalue weighted by Crippen LogP contribution is -2.48. The first-order chi connectivity index (χ1) is 12.2. The Kier molecular flexibility index (Phi) is 4.37. The SMILES string of the molecule is CCN1CCC[C@@H]1[C@@H]1CCCN1C(=O)c1cccc2c1OCC(=O)N2. The molecule has 3 aliphatic rings. The van der Waals surface area contributed by atoms with Crippen molar-refractivity contribution in [1.29, 1.82) is 0 Å². The summed E-state index contributed by atoms with van der Waals surface area (Å²) in [6.07, 6.45) is 4.51. The van der Waals surface area contributed by atoms with E-state index in [9.17, 15) is 9.59 Å². The van der Waals surface area contributed by atoms with Crippen molar-refractivity contribution in [3.8, 4) is 5.75 Å². The van der Waals surface area contributed by atoms with Crippen molar-refractivity contribution in [3.63, 3.8) is 0 Å². The molecule has 0 saturated carbocycles. The van der Waals surface area contributed by atoms with Crippen LogP contribution in [0.1, 0.15) is 43.0 Å². The quantitative estimate of drug-likeness (QED) is 0.913. The summed E-state index contributed by atoms with van der Waals surface area (Å²) in [7, 11) is 0. The van der Waals surface area contributed by atoms with Crippen LogP contribution in [-0.2, 0) is 4.79 Å². The Balaban J connectivity index is 1.60. The zero-order valence-corrected chi connectivity index (χ0v) is 14.7. The topological polar surface area (TPSA) is 61.9 Å². The Hall–Kier alpha value is -2.08. The second kappa shape index (κ2) is 6.67. The number of rotatable bonds is 3. The number of anilines is 1. The van der Waals surface area contributed by atoms with Gasteiger partial charge in [-0.15, -0.1) is 0 Å². The summed E-state index contributed by atoms with van der Waals surface area (Å²) in [5, 5.41) is 2.79. The minimum absolute atomic E-state index is 0.0263. The molecule has 25 heavy (non-hydrogen) atoms. The lowest BCUT2D eigenvalue weighted by Gasteiger charge is -2.35. The van der Waals surface area contributed by atoms with Crippen LogP contribution < -0.4 is 10.1 Å². The molecule has 3 heterocycles. The maximum Gasteiger partial charge on any atom is 0.262 e. The third-order valence-electron chi connectivity index (χ3n) is 5.69. The van der Waals surface area contributed by atoms with Crippen LogP contribution in [0, 0.1) is 0 Å². The molecule has 1 N–H and O–H groups in total. The lowest BCUT2D eigenvalue weighted by molar-refractivity contribution is -0.118. The molecule has 0 aromatic heterocycles. The summed E-state index contributed by atoms with van der Waals surface area (Å²) in [5.41, 5.74) is 1.15. The third-order valence-corrected chi connectivity index (χ3v) is 5.69. The van der Waals surface area contributed by atoms with Gasteiger partial charge in [-0.1, -0.05) is 13.0 Å². The first-order valence-electron chi connectivity index (χ1n) is 9.29. The first-order valence-corrected chi connectivity index (χ1v) is 9.29. The van der Waals surface area contributed by atoms with Gasteiger partial charge in [0.2, 0.25) is 0 Å². The van der Waals surface area contributed by atoms with Crippen molar-refractivity contribution in [2.75, 3.05) is 31.6 Å². The van der Waals surface area contributed by atoms with Crippen LogP contribution in [0.25, 0.3) is 0 Å². The predicted molar refractivity (Wildman–Crippen MR) is 94.9 cm³/mol. The maximum absolute atomic E-state index is 13.3. The molecule has 6 nitrogen and oxygen atoms in total. The Morgan fingerprint density at radius 3 is 2.88 bits per heavy atom. The second-order valence-corrected chi connectivity index (χ2v) is 7.07. The van der Waals surface area contributed by atoms with Crippen molar-refractivity contribution in [3.05, 3.63) is 23.8 Å². The first kappa shape index (κ1) is 16.4. The van der Waals surface area contributed by atoms with Crippen LogP contribution >= 0.6 is 0 Å². The van der Waals surface area contributed by atoms with Crippen LogP contribution in [0.15, 0.2) is 18.2 Å². The van der Waals surface area contributed by atoms with Crippen molar-refractivity contribution in [2.45, 2.75) is 44.7 Å². The van der Waals surface area contributed by atoms with Gasteiger partial charge < -0.3 is 15.0 Å². The largest absolute Gasteiger partial charge is 0.481 e. The van der Waals surface area contributed by atoms with Gasteiger partial charge in [-0.2, -0.15) is 0 Å². The van der Waals surface area contributed by atoms with Gasteiger partial charge in [-0.3, -0.25) is 14.5 Å². The number of likely N-dealkylation sites (N-methyl/N-ethyl adjacent to an activating group) is 1. The average Bonchev–Trinajstić information content (AvgIpc) is 3.28. The number of hydrogen-bond donors (Lipinski definition) is 1. The molecule has 2 fully saturated rings. The van der Waals surface area contributed by atoms with Gasteiger partial charge in [-0.05, 0) is 50.9 Å². The molecule has 6 heteroatoms. The fraction of sp³-hybridized carbons (Fsp3) is 0.579. The third kappa shape index (κ3) is 2.88. The summed E-state index contributed by atoms with van der Waals surface area (Å²) < 4.78 is 5.58. The normalized spacial score (nSPS) is 26.3. The Morgan fingerprint density at radius 2 is 2.04 bits per heavy atom. The van der Waals surface area contributed by atoms with Crippen molar-refractivity contribution in [2.24, 2.45) is 0 Å². The molecule has 0 radical (unpaired) electrons. The number of benzene rings is 1. The summed E-state index contributed by atoms with van der Waals surface area (Å²) in [6.45, 7) is 5.14. The molecule has 4 rings (SSSR count). The molecule has 0 aliphatic carbocycles. The molecule has 2 atom stereocenters. The zero-order chi connectivity index (χ0) is 17.4. The number of carbonyl (C=O) groups is 2. The minimum Gasteiger partial charge on any atom is -0.481 e. The number of ether oxygens (including phenoxy) is 1. The second-order valence-electron chi connectivity index (χ2n) is 7.07. The molecular formula is C19H25N3O3. The van der Waals surface area contributed by atoms with Gasteiger partial charge in [0.1, 0.15) is 0 Å². The molecule has 0 spiro atoms. The van der Waals surface area contributed by atoms with Crippen LogP contribution in [0.3, 0.4) is 0 Å². The zero-order valence-electron chi connectivity index (χ0n) is 14.7. The van der Waals surface area contributed by atoms with Crippen molar-refractivity contribution in [1.82, 2.24) is 9.80 Å². The smallest absolute Gasteiger partial charge is 0.262 e. The van der Waals surface area contributed by atoms with Crippen LogP contribution in [0.5, 0.6) is 5.75 Å². The average molecular weight is 343 g/mol. The molecule has 0 unspecified atom stereocenters. The van der Waals surface area contributed by atoms with Gasteiger partial charge in [0.25, 0.3) is 11.8 Å². The van der Waals surface area contributed by atoms with Gasteiger partial charge in [0, 0.05) is 18.6 Å². The number of likely N-dealkylation sites (tertiary alicyclic amines) is 2. The molecular weight excluding hydrogens is 318 g/mol. The van der Waals surface area contributed by atoms with E-state index < -0.39 is 0 Å². The molecule has 3 aliphatic heterocycles. The van der Waals surface area contributed by atoms with E-state index in [2.05, 4.69) is 17.1 Å². The van der Waals surface area contributed by atoms with Crippen molar-refractivity contribution >= 4 is 17.5 Å². The standard InChI is InChI=1S/C19H25N3O3/c1-2-21-10-4-8-15(21)16-9-5-11-22(16)19(24)13-6-3-7-14-18(13)25-12-17(23)20-14/h3,6-7,15-16H,2,4-5,8-12H2,1H3,(H,20,23)/t15-,16+/m1/s1. The fourth-order valence-corrected chi connectivity index (χ4v) is 4.56. The number of para-hydroxylation sites is 1. The Labute approximate surface area is 148 Å². The molecule has 2 saturated heterocycles. The van der Waals surface area contributed by atoms with Gasteiger partial charge in [0.15, 0.2) is 12.4 Å². The molecule has 0 bridgehead atoms. The molecule has 1 aromatic rings. The van der Waals surface area contributed by atoms with E-state index >= 15 is 0 Å². The Bertz CT molecular complexity index is 690. The number of nitrogens with one attached hydrogen (secondary N) is 1. The van der Waals surface area contributed by atoms with E-state index in [1.165, 1.54) is 12.8 Å². The minimum atomic E-state index is -0.180. The summed E-state index contributed by atoms with van der Waals surface area (Å²) in [5.74, 6) is 0.357. The highest BCUT2D eigenvalue weighted by molar-refractivity contribution is 6.03. The highest BCUT2D eigenvalue weighted by Gasteiger charge is 2.40. The van der Waals surface area contributed by atoms with E-state index in [0.717, 1.165) is 32.5 Å². The lowest BCUT2D eigenvalue weighted by atomic mass is 10.0. The molecule has 134 valence electrons. The van der Waals surface area contributed by atoms with Crippen LogP contribution in [0.4, 0.5) is 5.69 Å². The van der Waals surface area contributed by atoms with E-state index in [1.54, 1.807) is 18.2 Å². The number of hydrogen-bond acceptors (Lipinski definition) is 4. The number of nitrogens with zero attached hydrogens (tertiary/aromatic N) is 2. The summed E-state index contributed by atoms with van der Waals surface area (Å²) in [6, 6.07) is 6.14. The highest BCUT2D eigenvalue weighted by Crippen LogP contribution is 2.35. The predicted octanol–water partition coefficient (Wildman–Crippen LogP) is 2.11. The van der Waals surface area contributed by atoms with E-state index in [-0.39, 0.29) is 24.5 Å². The Morgan fingerprint density at radius 1 is 1.24 bits per heavy atom. The van der Waals surface area contributed by atoms with Crippen LogP contribution in [0.2, 0.25) is 0 Å². The fourth-order valence-electron chi connectivity index (χ4n) is 4.56. The summed E-state index contributed by atoms with van der Waals surface area (Å²) in [4.78, 5) is 29.3. The van der Waals surface area contributed by atoms with Crippen molar-refractivity contribution < 1.29 is 14.3 Å². The molecule has 2 amide bonds. The number of carbonyl (C=O) groups excluding carboxylic acids is 2. The maximum atomic E-state index is 13.3. The number of fused-ring (bicyclic) bond motifs is 1. The van der Waals surface area contributed by atoms with Gasteiger partial charge >= 0.3 is 0 Å². The number of amides is 2. The van der Waals surface area contributed by atoms with E-state index in [0.29, 0.717) is 23.0 Å². The highest BCUT2D eigenvalue weighted by atomic mass is 16.5. The molecule has 1 aromatic carbocycles. The van der Waals surface area contributed by atoms with Gasteiger partial charge in [-0.25, -0.2) is 0 Å². The van der Waals surface area contributed by atoms with E-state index in [1.807, 2.05) is 4.90 Å². The monoisotopic (exact) mass is 343 g/mol. The van der Waals surface area contributed by atoms with E-state index in [4.69, 9.17) is 4.74 Å².